The second kappa shape index (κ2) is 52.2. The molecule has 0 spiro atoms. The molecule has 0 saturated carbocycles. The summed E-state index contributed by atoms with van der Waals surface area (Å²) in [6.07, 6.45) is 67.1. The highest BCUT2D eigenvalue weighted by Gasteiger charge is 2.19. The molecule has 0 rings (SSSR count). The first-order valence-corrected chi connectivity index (χ1v) is 26.6. The van der Waals surface area contributed by atoms with Gasteiger partial charge in [-0.3, -0.25) is 14.4 Å². The number of esters is 3. The van der Waals surface area contributed by atoms with E-state index in [0.29, 0.717) is 19.3 Å². The lowest BCUT2D eigenvalue weighted by Crippen LogP contribution is -2.30. The van der Waals surface area contributed by atoms with Gasteiger partial charge in [0.1, 0.15) is 13.2 Å². The van der Waals surface area contributed by atoms with Crippen molar-refractivity contribution >= 4 is 17.9 Å². The van der Waals surface area contributed by atoms with Crippen LogP contribution in [0, 0.1) is 0 Å². The summed E-state index contributed by atoms with van der Waals surface area (Å²) in [7, 11) is 0. The fourth-order valence-corrected chi connectivity index (χ4v) is 7.14. The predicted molar refractivity (Wildman–Crippen MR) is 274 cm³/mol. The first-order valence-electron chi connectivity index (χ1n) is 26.6. The summed E-state index contributed by atoms with van der Waals surface area (Å²) in [5, 5.41) is 0. The van der Waals surface area contributed by atoms with E-state index < -0.39 is 6.10 Å². The molecule has 0 aromatic rings. The Hall–Kier alpha value is -3.41. The minimum absolute atomic E-state index is 0.100. The fraction of sp³-hybridized carbons (Fsp3) is 0.707. The minimum Gasteiger partial charge on any atom is -0.462 e. The van der Waals surface area contributed by atoms with E-state index in [1.807, 2.05) is 0 Å². The topological polar surface area (TPSA) is 78.9 Å². The summed E-state index contributed by atoms with van der Waals surface area (Å²) in [5.41, 5.74) is 0. The van der Waals surface area contributed by atoms with Crippen LogP contribution in [0.4, 0.5) is 0 Å². The Bertz CT molecular complexity index is 1250. The highest BCUT2D eigenvalue weighted by molar-refractivity contribution is 5.71. The Morgan fingerprint density at radius 1 is 0.328 bits per heavy atom. The molecule has 0 heterocycles. The first kappa shape index (κ1) is 60.6. The Morgan fingerprint density at radius 3 is 1.06 bits per heavy atom. The standard InChI is InChI=1S/C58H98O6/c1-4-7-10-13-16-19-22-25-28-29-31-33-36-39-42-45-48-51-57(60)63-54-55(53-62-56(59)50-47-44-41-38-35-32-27-24-21-18-15-12-9-6-3)64-58(61)52-49-46-43-40-37-34-30-26-23-20-17-14-11-8-5-2/h7,10,15-16,18-19,24-25,27-28,31,33,39,42,55H,4-6,8-9,11-14,17,20-23,26,29-30,32,34-38,40-41,43-54H2,1-3H3/b10-7+,18-15+,19-16+,27-24+,28-25+,33-31+,42-39+/t55-/m1/s1. The van der Waals surface area contributed by atoms with Crippen molar-refractivity contribution < 1.29 is 28.6 Å². The van der Waals surface area contributed by atoms with Crippen molar-refractivity contribution in [2.75, 3.05) is 13.2 Å². The maximum atomic E-state index is 12.8. The summed E-state index contributed by atoms with van der Waals surface area (Å²) in [6, 6.07) is 0. The van der Waals surface area contributed by atoms with Crippen LogP contribution in [0.5, 0.6) is 0 Å². The summed E-state index contributed by atoms with van der Waals surface area (Å²) in [4.78, 5) is 38.0. The van der Waals surface area contributed by atoms with Crippen LogP contribution < -0.4 is 0 Å². The van der Waals surface area contributed by atoms with Gasteiger partial charge in [-0.2, -0.15) is 0 Å². The van der Waals surface area contributed by atoms with E-state index in [-0.39, 0.29) is 37.5 Å². The molecule has 0 unspecified atom stereocenters. The van der Waals surface area contributed by atoms with Gasteiger partial charge in [0.15, 0.2) is 6.10 Å². The highest BCUT2D eigenvalue weighted by atomic mass is 16.6. The predicted octanol–water partition coefficient (Wildman–Crippen LogP) is 17.6. The minimum atomic E-state index is -0.803. The largest absolute Gasteiger partial charge is 0.462 e. The molecule has 0 N–H and O–H groups in total. The smallest absolute Gasteiger partial charge is 0.306 e. The molecule has 0 bridgehead atoms. The number of ether oxygens (including phenoxy) is 3. The molecule has 1 atom stereocenters. The van der Waals surface area contributed by atoms with E-state index >= 15 is 0 Å². The zero-order valence-electron chi connectivity index (χ0n) is 41.8. The molecular formula is C58H98O6. The molecule has 0 amide bonds. The molecule has 0 aromatic carbocycles. The molecule has 0 aromatic heterocycles. The molecule has 366 valence electrons. The first-order chi connectivity index (χ1) is 31.5. The normalized spacial score (nSPS) is 12.7. The van der Waals surface area contributed by atoms with Crippen LogP contribution in [0.2, 0.25) is 0 Å². The van der Waals surface area contributed by atoms with Gasteiger partial charge in [0.25, 0.3) is 0 Å². The average Bonchev–Trinajstić information content (AvgIpc) is 3.29. The highest BCUT2D eigenvalue weighted by Crippen LogP contribution is 2.15. The van der Waals surface area contributed by atoms with Crippen LogP contribution in [0.3, 0.4) is 0 Å². The lowest BCUT2D eigenvalue weighted by atomic mass is 10.0. The maximum absolute atomic E-state index is 12.8. The molecule has 6 nitrogen and oxygen atoms in total. The van der Waals surface area contributed by atoms with Gasteiger partial charge in [-0.1, -0.05) is 228 Å². The van der Waals surface area contributed by atoms with Crippen LogP contribution in [0.15, 0.2) is 85.1 Å². The average molecular weight is 891 g/mol. The van der Waals surface area contributed by atoms with Crippen LogP contribution in [0.1, 0.15) is 245 Å². The number of unbranched alkanes of at least 4 members (excludes halogenated alkanes) is 22. The van der Waals surface area contributed by atoms with Crippen LogP contribution in [0.25, 0.3) is 0 Å². The van der Waals surface area contributed by atoms with Gasteiger partial charge in [0, 0.05) is 19.3 Å². The number of hydrogen-bond donors (Lipinski definition) is 0. The van der Waals surface area contributed by atoms with Crippen molar-refractivity contribution in [1.29, 1.82) is 0 Å². The number of allylic oxidation sites excluding steroid dienone is 14. The van der Waals surface area contributed by atoms with E-state index in [9.17, 15) is 14.4 Å². The molecule has 6 heteroatoms. The van der Waals surface area contributed by atoms with Crippen molar-refractivity contribution in [2.45, 2.75) is 252 Å². The Balaban J connectivity index is 4.49. The number of hydrogen-bond acceptors (Lipinski definition) is 6. The quantitative estimate of drug-likeness (QED) is 0.0262. The fourth-order valence-electron chi connectivity index (χ4n) is 7.14. The zero-order valence-corrected chi connectivity index (χ0v) is 41.8. The van der Waals surface area contributed by atoms with E-state index in [1.165, 1.54) is 96.3 Å². The van der Waals surface area contributed by atoms with Crippen molar-refractivity contribution in [2.24, 2.45) is 0 Å². The molecule has 0 saturated heterocycles. The van der Waals surface area contributed by atoms with Gasteiger partial charge in [0.05, 0.1) is 0 Å². The lowest BCUT2D eigenvalue weighted by Gasteiger charge is -2.18. The molecule has 0 fully saturated rings. The third kappa shape index (κ3) is 49.6. The molecule has 0 radical (unpaired) electrons. The maximum Gasteiger partial charge on any atom is 0.306 e. The summed E-state index contributed by atoms with van der Waals surface area (Å²) >= 11 is 0. The lowest BCUT2D eigenvalue weighted by molar-refractivity contribution is -0.167. The van der Waals surface area contributed by atoms with Gasteiger partial charge < -0.3 is 14.2 Å². The van der Waals surface area contributed by atoms with Gasteiger partial charge in [0.2, 0.25) is 0 Å². The second-order valence-electron chi connectivity index (χ2n) is 17.4. The number of carbonyl (C=O) groups is 3. The molecular weight excluding hydrogens is 793 g/mol. The second-order valence-corrected chi connectivity index (χ2v) is 17.4. The summed E-state index contributed by atoms with van der Waals surface area (Å²) < 4.78 is 16.8. The van der Waals surface area contributed by atoms with Gasteiger partial charge in [-0.05, 0) is 83.5 Å². The van der Waals surface area contributed by atoms with E-state index in [2.05, 4.69) is 106 Å². The third-order valence-corrected chi connectivity index (χ3v) is 11.1. The SMILES string of the molecule is CC/C=C/C/C=C/C/C=C/C/C=C/C/C=C/CCCC(=O)OC[C@@H](COC(=O)CCCCCCC/C=C/C/C=C/CCCC)OC(=O)CCCCCCCCCCCCCCCCC. The number of carbonyl (C=O) groups excluding carboxylic acids is 3. The van der Waals surface area contributed by atoms with Crippen molar-refractivity contribution in [3.05, 3.63) is 85.1 Å². The van der Waals surface area contributed by atoms with Gasteiger partial charge in [-0.25, -0.2) is 0 Å². The molecule has 0 aliphatic carbocycles. The molecule has 0 aliphatic heterocycles. The molecule has 0 aliphatic rings. The summed E-state index contributed by atoms with van der Waals surface area (Å²) in [6.45, 7) is 6.43. The van der Waals surface area contributed by atoms with Gasteiger partial charge in [-0.15, -0.1) is 0 Å². The van der Waals surface area contributed by atoms with Crippen LogP contribution in [-0.4, -0.2) is 37.2 Å². The van der Waals surface area contributed by atoms with Crippen molar-refractivity contribution in [3.8, 4) is 0 Å². The zero-order chi connectivity index (χ0) is 46.5. The van der Waals surface area contributed by atoms with Crippen molar-refractivity contribution in [3.63, 3.8) is 0 Å². The Morgan fingerprint density at radius 2 is 0.641 bits per heavy atom. The third-order valence-electron chi connectivity index (χ3n) is 11.1. The molecule has 64 heavy (non-hydrogen) atoms. The van der Waals surface area contributed by atoms with Crippen LogP contribution in [-0.2, 0) is 28.6 Å². The summed E-state index contributed by atoms with van der Waals surface area (Å²) in [5.74, 6) is -0.970. The number of rotatable bonds is 47. The van der Waals surface area contributed by atoms with E-state index in [1.54, 1.807) is 0 Å². The van der Waals surface area contributed by atoms with E-state index in [4.69, 9.17) is 14.2 Å². The van der Waals surface area contributed by atoms with Crippen LogP contribution >= 0.6 is 0 Å². The van der Waals surface area contributed by atoms with Crippen molar-refractivity contribution in [1.82, 2.24) is 0 Å². The van der Waals surface area contributed by atoms with E-state index in [0.717, 1.165) is 103 Å². The Labute approximate surface area is 395 Å². The monoisotopic (exact) mass is 891 g/mol. The van der Waals surface area contributed by atoms with Gasteiger partial charge >= 0.3 is 17.9 Å². The Kier molecular flexibility index (Phi) is 49.4.